The normalized spacial score (nSPS) is 11.1. The van der Waals surface area contributed by atoms with Crippen LogP contribution in [0.2, 0.25) is 10.0 Å². The number of aromatic amines is 1. The fraction of sp³-hybridized carbons (Fsp3) is 0.182. The zero-order valence-electron chi connectivity index (χ0n) is 16.8. The molecule has 6 nitrogen and oxygen atoms in total. The van der Waals surface area contributed by atoms with Gasteiger partial charge in [0, 0.05) is 10.9 Å². The minimum Gasteiger partial charge on any atom is -0.494 e. The number of halogens is 3. The molecule has 0 atom stereocenters. The number of aromatic nitrogens is 3. The maximum atomic E-state index is 14.9. The Morgan fingerprint density at radius 3 is 2.68 bits per heavy atom. The SMILES string of the molecule is CCCOc1ccc2[nH]c(-c3nc(-c4ccc(Cl)c(OC)c4F)nc(N)c3Cl)cc2c1. The van der Waals surface area contributed by atoms with Gasteiger partial charge in [0.2, 0.25) is 0 Å². The number of hydrogen-bond donors (Lipinski definition) is 2. The summed E-state index contributed by atoms with van der Waals surface area (Å²) in [6.07, 6.45) is 0.918. The maximum Gasteiger partial charge on any atom is 0.177 e. The predicted molar refractivity (Wildman–Crippen MR) is 121 cm³/mol. The fourth-order valence-electron chi connectivity index (χ4n) is 3.20. The van der Waals surface area contributed by atoms with E-state index in [1.54, 1.807) is 0 Å². The molecule has 0 radical (unpaired) electrons. The number of benzene rings is 2. The topological polar surface area (TPSA) is 86.0 Å². The first-order chi connectivity index (χ1) is 14.9. The van der Waals surface area contributed by atoms with Crippen molar-refractivity contribution in [2.75, 3.05) is 19.5 Å². The highest BCUT2D eigenvalue weighted by molar-refractivity contribution is 6.35. The summed E-state index contributed by atoms with van der Waals surface area (Å²) < 4.78 is 25.7. The number of nitrogens with zero attached hydrogens (tertiary/aromatic N) is 2. The van der Waals surface area contributed by atoms with Crippen LogP contribution in [-0.4, -0.2) is 28.7 Å². The molecular weight excluding hydrogens is 442 g/mol. The Morgan fingerprint density at radius 1 is 1.13 bits per heavy atom. The van der Waals surface area contributed by atoms with Gasteiger partial charge in [0.1, 0.15) is 22.3 Å². The number of methoxy groups -OCH3 is 1. The highest BCUT2D eigenvalue weighted by atomic mass is 35.5. The van der Waals surface area contributed by atoms with Crippen molar-refractivity contribution < 1.29 is 13.9 Å². The number of fused-ring (bicyclic) bond motifs is 1. The highest BCUT2D eigenvalue weighted by Crippen LogP contribution is 2.37. The summed E-state index contributed by atoms with van der Waals surface area (Å²) in [5.41, 5.74) is 7.95. The average Bonchev–Trinajstić information content (AvgIpc) is 3.17. The average molecular weight is 461 g/mol. The number of hydrogen-bond acceptors (Lipinski definition) is 5. The number of nitrogens with one attached hydrogen (secondary N) is 1. The van der Waals surface area contributed by atoms with E-state index in [9.17, 15) is 4.39 Å². The Morgan fingerprint density at radius 2 is 1.94 bits per heavy atom. The molecule has 0 saturated heterocycles. The second-order valence-corrected chi connectivity index (χ2v) is 7.60. The summed E-state index contributed by atoms with van der Waals surface area (Å²) in [5, 5.41) is 1.22. The van der Waals surface area contributed by atoms with Gasteiger partial charge in [-0.1, -0.05) is 30.1 Å². The third-order valence-corrected chi connectivity index (χ3v) is 5.36. The van der Waals surface area contributed by atoms with Gasteiger partial charge in [0.05, 0.1) is 30.0 Å². The summed E-state index contributed by atoms with van der Waals surface area (Å²) in [6, 6.07) is 10.6. The Balaban J connectivity index is 1.82. The Bertz CT molecular complexity index is 1280. The first-order valence-electron chi connectivity index (χ1n) is 9.54. The molecule has 4 rings (SSSR count). The summed E-state index contributed by atoms with van der Waals surface area (Å²) in [7, 11) is 1.33. The molecule has 160 valence electrons. The molecule has 0 spiro atoms. The fourth-order valence-corrected chi connectivity index (χ4v) is 3.61. The van der Waals surface area contributed by atoms with Crippen molar-refractivity contribution in [3.05, 3.63) is 52.3 Å². The molecule has 0 fully saturated rings. The third-order valence-electron chi connectivity index (χ3n) is 4.69. The molecule has 0 aliphatic carbocycles. The van der Waals surface area contributed by atoms with Gasteiger partial charge in [-0.15, -0.1) is 0 Å². The van der Waals surface area contributed by atoms with Crippen molar-refractivity contribution in [2.45, 2.75) is 13.3 Å². The van der Waals surface area contributed by atoms with Gasteiger partial charge in [-0.3, -0.25) is 0 Å². The van der Waals surface area contributed by atoms with E-state index in [0.29, 0.717) is 18.0 Å². The van der Waals surface area contributed by atoms with E-state index in [1.807, 2.05) is 31.2 Å². The monoisotopic (exact) mass is 460 g/mol. The van der Waals surface area contributed by atoms with Crippen LogP contribution in [0.1, 0.15) is 13.3 Å². The zero-order valence-corrected chi connectivity index (χ0v) is 18.3. The van der Waals surface area contributed by atoms with Gasteiger partial charge in [-0.25, -0.2) is 14.4 Å². The molecule has 4 aromatic rings. The van der Waals surface area contributed by atoms with Crippen LogP contribution in [0.15, 0.2) is 36.4 Å². The van der Waals surface area contributed by atoms with E-state index in [-0.39, 0.29) is 33.0 Å². The van der Waals surface area contributed by atoms with Crippen LogP contribution in [0.25, 0.3) is 33.7 Å². The molecule has 0 unspecified atom stereocenters. The molecular formula is C22H19Cl2FN4O2. The molecule has 2 aromatic carbocycles. The molecule has 0 amide bonds. The lowest BCUT2D eigenvalue weighted by Gasteiger charge is -2.11. The number of anilines is 1. The van der Waals surface area contributed by atoms with Gasteiger partial charge >= 0.3 is 0 Å². The van der Waals surface area contributed by atoms with Crippen molar-refractivity contribution in [3.63, 3.8) is 0 Å². The zero-order chi connectivity index (χ0) is 22.1. The third kappa shape index (κ3) is 3.98. The van der Waals surface area contributed by atoms with Crippen LogP contribution in [0.5, 0.6) is 11.5 Å². The van der Waals surface area contributed by atoms with E-state index in [1.165, 1.54) is 19.2 Å². The number of nitrogens with two attached hydrogens (primary N) is 1. The lowest BCUT2D eigenvalue weighted by molar-refractivity contribution is 0.318. The molecule has 0 aliphatic heterocycles. The van der Waals surface area contributed by atoms with E-state index in [2.05, 4.69) is 15.0 Å². The minimum absolute atomic E-state index is 0.0283. The number of rotatable bonds is 6. The molecule has 0 saturated carbocycles. The van der Waals surface area contributed by atoms with Crippen LogP contribution < -0.4 is 15.2 Å². The Hall–Kier alpha value is -3.03. The van der Waals surface area contributed by atoms with Gasteiger partial charge in [0.25, 0.3) is 0 Å². The summed E-state index contributed by atoms with van der Waals surface area (Å²) >= 11 is 12.4. The lowest BCUT2D eigenvalue weighted by atomic mass is 10.1. The van der Waals surface area contributed by atoms with E-state index in [0.717, 1.165) is 23.1 Å². The van der Waals surface area contributed by atoms with Crippen LogP contribution in [0.3, 0.4) is 0 Å². The highest BCUT2D eigenvalue weighted by Gasteiger charge is 2.20. The second-order valence-electron chi connectivity index (χ2n) is 6.82. The minimum atomic E-state index is -0.683. The van der Waals surface area contributed by atoms with Gasteiger partial charge in [-0.05, 0) is 42.8 Å². The first kappa shape index (κ1) is 21.2. The molecule has 3 N–H and O–H groups in total. The quantitative estimate of drug-likeness (QED) is 0.362. The van der Waals surface area contributed by atoms with Crippen LogP contribution in [0.4, 0.5) is 10.2 Å². The number of H-pyrrole nitrogens is 1. The molecule has 0 aliphatic rings. The summed E-state index contributed by atoms with van der Waals surface area (Å²) in [6.45, 7) is 2.68. The standard InChI is InChI=1S/C22H19Cl2FN4O2/c1-3-8-31-12-4-7-15-11(9-12)10-16(27-15)19-17(24)21(26)29-22(28-19)13-5-6-14(23)20(30-2)18(13)25/h4-7,9-10,27H,3,8H2,1-2H3,(H2,26,28,29). The van der Waals surface area contributed by atoms with Crippen LogP contribution in [-0.2, 0) is 0 Å². The molecule has 2 heterocycles. The second kappa shape index (κ2) is 8.61. The first-order valence-corrected chi connectivity index (χ1v) is 10.3. The van der Waals surface area contributed by atoms with Crippen molar-refractivity contribution in [2.24, 2.45) is 0 Å². The van der Waals surface area contributed by atoms with E-state index < -0.39 is 5.82 Å². The largest absolute Gasteiger partial charge is 0.494 e. The van der Waals surface area contributed by atoms with E-state index >= 15 is 0 Å². The van der Waals surface area contributed by atoms with E-state index in [4.69, 9.17) is 38.4 Å². The summed E-state index contributed by atoms with van der Waals surface area (Å²) in [4.78, 5) is 11.9. The van der Waals surface area contributed by atoms with Gasteiger partial charge < -0.3 is 20.2 Å². The molecule has 0 bridgehead atoms. The Kier molecular flexibility index (Phi) is 5.89. The van der Waals surface area contributed by atoms with Gasteiger partial charge in [-0.2, -0.15) is 0 Å². The van der Waals surface area contributed by atoms with Crippen molar-refractivity contribution >= 4 is 39.9 Å². The van der Waals surface area contributed by atoms with Crippen molar-refractivity contribution in [1.29, 1.82) is 0 Å². The maximum absolute atomic E-state index is 14.9. The van der Waals surface area contributed by atoms with Crippen molar-refractivity contribution in [3.8, 4) is 34.3 Å². The summed E-state index contributed by atoms with van der Waals surface area (Å²) in [5.74, 6) is 0.0832. The molecule has 9 heteroatoms. The molecule has 31 heavy (non-hydrogen) atoms. The number of ether oxygens (including phenoxy) is 2. The van der Waals surface area contributed by atoms with Crippen molar-refractivity contribution in [1.82, 2.24) is 15.0 Å². The van der Waals surface area contributed by atoms with Crippen LogP contribution in [0, 0.1) is 5.82 Å². The van der Waals surface area contributed by atoms with Crippen LogP contribution >= 0.6 is 23.2 Å². The number of nitrogen functional groups attached to an aromatic ring is 1. The Labute approximate surface area is 188 Å². The lowest BCUT2D eigenvalue weighted by Crippen LogP contribution is -2.02. The van der Waals surface area contributed by atoms with Gasteiger partial charge in [0.15, 0.2) is 17.4 Å². The predicted octanol–water partition coefficient (Wildman–Crippen LogP) is 6.12. The molecule has 2 aromatic heterocycles. The smallest absolute Gasteiger partial charge is 0.177 e.